The van der Waals surface area contributed by atoms with Crippen molar-refractivity contribution in [2.45, 2.75) is 13.5 Å². The van der Waals surface area contributed by atoms with Gasteiger partial charge in [0.05, 0.1) is 15.5 Å². The molecule has 0 aliphatic rings. The third-order valence-corrected chi connectivity index (χ3v) is 4.09. The van der Waals surface area contributed by atoms with E-state index in [2.05, 4.69) is 21.2 Å². The van der Waals surface area contributed by atoms with E-state index in [1.807, 2.05) is 19.1 Å². The monoisotopic (exact) mass is 344 g/mol. The highest BCUT2D eigenvalue weighted by atomic mass is 79.9. The standard InChI is InChI=1S/C12H10BrFN2O2S/c1-7-2-3-8(19-7)6-15-11-4-9(13)10(14)5-12(11)16(17)18/h2-5,15H,6H2,1H3. The number of halogens is 2. The fourth-order valence-electron chi connectivity index (χ4n) is 1.59. The lowest BCUT2D eigenvalue weighted by Crippen LogP contribution is -2.02. The largest absolute Gasteiger partial charge is 0.375 e. The predicted molar refractivity (Wildman–Crippen MR) is 77.1 cm³/mol. The highest BCUT2D eigenvalue weighted by Crippen LogP contribution is 2.31. The summed E-state index contributed by atoms with van der Waals surface area (Å²) in [7, 11) is 0. The highest BCUT2D eigenvalue weighted by Gasteiger charge is 2.17. The van der Waals surface area contributed by atoms with E-state index in [-0.39, 0.29) is 10.2 Å². The number of rotatable bonds is 4. The molecule has 0 fully saturated rings. The molecule has 1 aromatic carbocycles. The minimum absolute atomic E-state index is 0.197. The summed E-state index contributed by atoms with van der Waals surface area (Å²) >= 11 is 4.64. The van der Waals surface area contributed by atoms with Crippen LogP contribution in [-0.4, -0.2) is 4.92 Å². The summed E-state index contributed by atoms with van der Waals surface area (Å²) in [5.74, 6) is -0.649. The summed E-state index contributed by atoms with van der Waals surface area (Å²) in [5, 5.41) is 13.9. The van der Waals surface area contributed by atoms with Crippen LogP contribution in [0.25, 0.3) is 0 Å². The van der Waals surface area contributed by atoms with Gasteiger partial charge in [-0.05, 0) is 41.1 Å². The van der Waals surface area contributed by atoms with Crippen molar-refractivity contribution in [3.8, 4) is 0 Å². The lowest BCUT2D eigenvalue weighted by molar-refractivity contribution is -0.384. The first kappa shape index (κ1) is 14.0. The van der Waals surface area contributed by atoms with Crippen LogP contribution in [0.1, 0.15) is 9.75 Å². The molecule has 2 aromatic rings. The van der Waals surface area contributed by atoms with E-state index in [1.54, 1.807) is 11.3 Å². The molecule has 0 aliphatic heterocycles. The summed E-state index contributed by atoms with van der Waals surface area (Å²) in [4.78, 5) is 12.5. The summed E-state index contributed by atoms with van der Waals surface area (Å²) in [6.45, 7) is 2.46. The van der Waals surface area contributed by atoms with Gasteiger partial charge in [0.25, 0.3) is 5.69 Å². The van der Waals surface area contributed by atoms with Gasteiger partial charge in [-0.15, -0.1) is 11.3 Å². The lowest BCUT2D eigenvalue weighted by atomic mass is 10.2. The fraction of sp³-hybridized carbons (Fsp3) is 0.167. The first-order valence-electron chi connectivity index (χ1n) is 5.40. The molecular formula is C12H10BrFN2O2S. The van der Waals surface area contributed by atoms with E-state index in [9.17, 15) is 14.5 Å². The lowest BCUT2D eigenvalue weighted by Gasteiger charge is -2.07. The topological polar surface area (TPSA) is 55.2 Å². The van der Waals surface area contributed by atoms with Gasteiger partial charge in [0, 0.05) is 16.3 Å². The predicted octanol–water partition coefficient (Wildman–Crippen LogP) is 4.48. The van der Waals surface area contributed by atoms with Gasteiger partial charge in [0.2, 0.25) is 0 Å². The number of nitro benzene ring substituents is 1. The number of hydrogen-bond acceptors (Lipinski definition) is 4. The highest BCUT2D eigenvalue weighted by molar-refractivity contribution is 9.10. The van der Waals surface area contributed by atoms with Crippen LogP contribution in [0.15, 0.2) is 28.7 Å². The first-order chi connectivity index (χ1) is 8.97. The minimum atomic E-state index is -0.649. The average molecular weight is 345 g/mol. The Balaban J connectivity index is 2.23. The normalized spacial score (nSPS) is 10.5. The van der Waals surface area contributed by atoms with E-state index in [1.165, 1.54) is 10.9 Å². The Morgan fingerprint density at radius 2 is 2.21 bits per heavy atom. The molecule has 0 spiro atoms. The minimum Gasteiger partial charge on any atom is -0.375 e. The molecule has 19 heavy (non-hydrogen) atoms. The smallest absolute Gasteiger partial charge is 0.295 e. The maximum atomic E-state index is 13.3. The van der Waals surface area contributed by atoms with Crippen molar-refractivity contribution in [1.29, 1.82) is 0 Å². The van der Waals surface area contributed by atoms with Crippen LogP contribution in [0.5, 0.6) is 0 Å². The van der Waals surface area contributed by atoms with Crippen molar-refractivity contribution in [3.05, 3.63) is 54.4 Å². The second-order valence-corrected chi connectivity index (χ2v) is 6.13. The second kappa shape index (κ2) is 5.66. The Bertz CT molecular complexity index is 630. The molecule has 0 unspecified atom stereocenters. The number of anilines is 1. The number of aryl methyl sites for hydroxylation is 1. The van der Waals surface area contributed by atoms with Crippen molar-refractivity contribution in [3.63, 3.8) is 0 Å². The Hall–Kier alpha value is -1.47. The van der Waals surface area contributed by atoms with Gasteiger partial charge in [0.15, 0.2) is 0 Å². The molecule has 1 aromatic heterocycles. The molecule has 0 amide bonds. The van der Waals surface area contributed by atoms with E-state index >= 15 is 0 Å². The molecule has 4 nitrogen and oxygen atoms in total. The zero-order chi connectivity index (χ0) is 14.0. The number of hydrogen-bond donors (Lipinski definition) is 1. The van der Waals surface area contributed by atoms with Crippen LogP contribution < -0.4 is 5.32 Å². The summed E-state index contributed by atoms with van der Waals surface area (Å²) in [5.41, 5.74) is 0.0262. The SMILES string of the molecule is Cc1ccc(CNc2cc(Br)c(F)cc2[N+](=O)[O-])s1. The number of nitro groups is 1. The van der Waals surface area contributed by atoms with Gasteiger partial charge in [-0.25, -0.2) is 4.39 Å². The molecule has 0 radical (unpaired) electrons. The summed E-state index contributed by atoms with van der Waals surface area (Å²) in [6, 6.07) is 6.23. The average Bonchev–Trinajstić information content (AvgIpc) is 2.76. The molecule has 2 rings (SSSR count). The maximum Gasteiger partial charge on any atom is 0.295 e. The van der Waals surface area contributed by atoms with Gasteiger partial charge in [0.1, 0.15) is 11.5 Å². The van der Waals surface area contributed by atoms with E-state index in [0.717, 1.165) is 10.9 Å². The van der Waals surface area contributed by atoms with Crippen LogP contribution in [0.3, 0.4) is 0 Å². The molecular weight excluding hydrogens is 335 g/mol. The Kier molecular flexibility index (Phi) is 4.16. The zero-order valence-electron chi connectivity index (χ0n) is 9.94. The number of benzene rings is 1. The van der Waals surface area contributed by atoms with Crippen LogP contribution in [0.4, 0.5) is 15.8 Å². The second-order valence-electron chi connectivity index (χ2n) is 3.91. The van der Waals surface area contributed by atoms with Gasteiger partial charge < -0.3 is 5.32 Å². The Labute approximate surface area is 121 Å². The van der Waals surface area contributed by atoms with Crippen LogP contribution in [0, 0.1) is 22.9 Å². The van der Waals surface area contributed by atoms with Crippen molar-refractivity contribution in [2.24, 2.45) is 0 Å². The van der Waals surface area contributed by atoms with Crippen molar-refractivity contribution < 1.29 is 9.31 Å². The molecule has 0 saturated carbocycles. The van der Waals surface area contributed by atoms with Crippen molar-refractivity contribution in [1.82, 2.24) is 0 Å². The number of nitrogens with zero attached hydrogens (tertiary/aromatic N) is 1. The quantitative estimate of drug-likeness (QED) is 0.657. The zero-order valence-corrected chi connectivity index (χ0v) is 12.3. The van der Waals surface area contributed by atoms with Crippen molar-refractivity contribution in [2.75, 3.05) is 5.32 Å². The van der Waals surface area contributed by atoms with Crippen LogP contribution in [-0.2, 0) is 6.54 Å². The molecule has 0 atom stereocenters. The third kappa shape index (κ3) is 3.30. The molecule has 7 heteroatoms. The first-order valence-corrected chi connectivity index (χ1v) is 7.01. The maximum absolute atomic E-state index is 13.3. The van der Waals surface area contributed by atoms with Gasteiger partial charge in [-0.3, -0.25) is 10.1 Å². The van der Waals surface area contributed by atoms with Gasteiger partial charge in [-0.2, -0.15) is 0 Å². The fourth-order valence-corrected chi connectivity index (χ4v) is 2.76. The number of thiophene rings is 1. The molecule has 1 N–H and O–H groups in total. The summed E-state index contributed by atoms with van der Waals surface area (Å²) < 4.78 is 13.5. The molecule has 0 aliphatic carbocycles. The third-order valence-electron chi connectivity index (χ3n) is 2.48. The molecule has 0 saturated heterocycles. The molecule has 100 valence electrons. The van der Waals surface area contributed by atoms with Crippen LogP contribution in [0.2, 0.25) is 0 Å². The molecule has 1 heterocycles. The van der Waals surface area contributed by atoms with E-state index in [0.29, 0.717) is 12.2 Å². The summed E-state index contributed by atoms with van der Waals surface area (Å²) in [6.07, 6.45) is 0. The Morgan fingerprint density at radius 3 is 2.79 bits per heavy atom. The van der Waals surface area contributed by atoms with E-state index in [4.69, 9.17) is 0 Å². The Morgan fingerprint density at radius 1 is 1.47 bits per heavy atom. The van der Waals surface area contributed by atoms with E-state index < -0.39 is 10.7 Å². The van der Waals surface area contributed by atoms with Crippen LogP contribution >= 0.6 is 27.3 Å². The van der Waals surface area contributed by atoms with Gasteiger partial charge >= 0.3 is 0 Å². The van der Waals surface area contributed by atoms with Crippen molar-refractivity contribution >= 4 is 38.6 Å². The molecule has 0 bridgehead atoms. The number of nitrogens with one attached hydrogen (secondary N) is 1. The van der Waals surface area contributed by atoms with Gasteiger partial charge in [-0.1, -0.05) is 0 Å².